The maximum atomic E-state index is 12.7. The van der Waals surface area contributed by atoms with Crippen molar-refractivity contribution in [3.8, 4) is 10.6 Å². The highest BCUT2D eigenvalue weighted by Gasteiger charge is 2.26. The van der Waals surface area contributed by atoms with Gasteiger partial charge in [0, 0.05) is 45.6 Å². The number of nitrogens with one attached hydrogen (secondary N) is 3. The minimum absolute atomic E-state index is 0.0566. The van der Waals surface area contributed by atoms with Gasteiger partial charge in [-0.15, -0.1) is 11.3 Å². The van der Waals surface area contributed by atoms with Gasteiger partial charge < -0.3 is 20.3 Å². The zero-order valence-electron chi connectivity index (χ0n) is 17.6. The second-order valence-electron chi connectivity index (χ2n) is 6.64. The van der Waals surface area contributed by atoms with Crippen LogP contribution in [0.4, 0.5) is 10.6 Å². The molecule has 1 atom stereocenters. The van der Waals surface area contributed by atoms with Gasteiger partial charge in [-0.05, 0) is 26.0 Å². The molecule has 0 fully saturated rings. The van der Waals surface area contributed by atoms with E-state index in [0.29, 0.717) is 29.5 Å². The number of carbonyl (C=O) groups excluding carboxylic acids is 3. The topological polar surface area (TPSA) is 126 Å². The molecule has 2 aromatic heterocycles. The molecule has 0 aromatic carbocycles. The maximum absolute atomic E-state index is 12.7. The van der Waals surface area contributed by atoms with Crippen LogP contribution in [0.3, 0.4) is 0 Å². The van der Waals surface area contributed by atoms with Crippen LogP contribution in [0.2, 0.25) is 0 Å². The predicted octanol–water partition coefficient (Wildman–Crippen LogP) is 1.81. The van der Waals surface area contributed by atoms with Crippen LogP contribution < -0.4 is 16.0 Å². The molecule has 162 valence electrons. The summed E-state index contributed by atoms with van der Waals surface area (Å²) in [6.07, 6.45) is 1.53. The lowest BCUT2D eigenvalue weighted by molar-refractivity contribution is 0.0817. The van der Waals surface area contributed by atoms with E-state index in [1.54, 1.807) is 40.3 Å². The van der Waals surface area contributed by atoms with Gasteiger partial charge in [-0.3, -0.25) is 14.9 Å². The highest BCUT2D eigenvalue weighted by Crippen LogP contribution is 2.29. The van der Waals surface area contributed by atoms with E-state index in [0.717, 1.165) is 11.3 Å². The van der Waals surface area contributed by atoms with Crippen LogP contribution in [0.25, 0.3) is 10.6 Å². The van der Waals surface area contributed by atoms with E-state index in [2.05, 4.69) is 25.9 Å². The average molecular weight is 435 g/mol. The molecule has 4 amide bonds. The Morgan fingerprint density at radius 3 is 2.57 bits per heavy atom. The fourth-order valence-electron chi connectivity index (χ4n) is 2.44. The largest absolute Gasteiger partial charge is 0.383 e. The quantitative estimate of drug-likeness (QED) is 0.582. The van der Waals surface area contributed by atoms with E-state index in [1.165, 1.54) is 11.1 Å². The van der Waals surface area contributed by atoms with Crippen molar-refractivity contribution in [1.29, 1.82) is 0 Å². The molecule has 2 heterocycles. The summed E-state index contributed by atoms with van der Waals surface area (Å²) in [7, 11) is 4.77. The third-order valence-corrected chi connectivity index (χ3v) is 4.92. The normalized spacial score (nSPS) is 11.5. The molecule has 0 saturated carbocycles. The number of anilines is 1. The number of methoxy groups -OCH3 is 1. The van der Waals surface area contributed by atoms with Crippen molar-refractivity contribution in [1.82, 2.24) is 25.5 Å². The van der Waals surface area contributed by atoms with Gasteiger partial charge >= 0.3 is 6.03 Å². The van der Waals surface area contributed by atoms with Crippen molar-refractivity contribution in [3.05, 3.63) is 28.9 Å². The first-order chi connectivity index (χ1) is 14.3. The average Bonchev–Trinajstić information content (AvgIpc) is 3.13. The van der Waals surface area contributed by atoms with Gasteiger partial charge in [0.15, 0.2) is 5.69 Å². The van der Waals surface area contributed by atoms with Crippen LogP contribution >= 0.6 is 11.3 Å². The third-order valence-electron chi connectivity index (χ3n) is 3.83. The van der Waals surface area contributed by atoms with Gasteiger partial charge in [-0.1, -0.05) is 0 Å². The Labute approximate surface area is 179 Å². The van der Waals surface area contributed by atoms with Crippen molar-refractivity contribution in [2.75, 3.05) is 39.7 Å². The van der Waals surface area contributed by atoms with Crippen molar-refractivity contribution >= 4 is 35.0 Å². The van der Waals surface area contributed by atoms with E-state index in [4.69, 9.17) is 4.74 Å². The summed E-state index contributed by atoms with van der Waals surface area (Å²) in [5.74, 6) is -0.391. The molecule has 0 saturated heterocycles. The van der Waals surface area contributed by atoms with E-state index in [-0.39, 0.29) is 28.6 Å². The summed E-state index contributed by atoms with van der Waals surface area (Å²) in [6, 6.07) is 2.75. The molecule has 10 nitrogen and oxygen atoms in total. The lowest BCUT2D eigenvalue weighted by Crippen LogP contribution is -2.37. The van der Waals surface area contributed by atoms with E-state index < -0.39 is 5.91 Å². The van der Waals surface area contributed by atoms with Gasteiger partial charge in [0.2, 0.25) is 0 Å². The highest BCUT2D eigenvalue weighted by molar-refractivity contribution is 7.17. The monoisotopic (exact) mass is 434 g/mol. The number of hydrogen-bond donors (Lipinski definition) is 3. The van der Waals surface area contributed by atoms with E-state index in [9.17, 15) is 14.4 Å². The number of ether oxygens (including phenoxy) is 1. The van der Waals surface area contributed by atoms with Crippen molar-refractivity contribution < 1.29 is 19.1 Å². The first-order valence-corrected chi connectivity index (χ1v) is 10.1. The van der Waals surface area contributed by atoms with Crippen molar-refractivity contribution in [3.63, 3.8) is 0 Å². The predicted molar refractivity (Wildman–Crippen MR) is 115 cm³/mol. The van der Waals surface area contributed by atoms with Crippen LogP contribution in [-0.2, 0) is 4.74 Å². The third kappa shape index (κ3) is 5.97. The molecule has 0 bridgehead atoms. The molecule has 2 rings (SSSR count). The number of hydrogen-bond acceptors (Lipinski definition) is 7. The van der Waals surface area contributed by atoms with Gasteiger partial charge in [0.25, 0.3) is 11.8 Å². The SMILES string of the molecule is CCNC(=O)Nc1ccc(-c2nc(C(=O)N[C@@H](C)COC)c(C(=O)N(C)C)s2)cn1. The van der Waals surface area contributed by atoms with Crippen LogP contribution in [0.1, 0.15) is 34.0 Å². The summed E-state index contributed by atoms with van der Waals surface area (Å²) in [5.41, 5.74) is 0.680. The minimum Gasteiger partial charge on any atom is -0.383 e. The van der Waals surface area contributed by atoms with Gasteiger partial charge in [0.05, 0.1) is 6.61 Å². The van der Waals surface area contributed by atoms with Gasteiger partial charge in [-0.2, -0.15) is 0 Å². The molecular formula is C19H26N6O4S. The summed E-state index contributed by atoms with van der Waals surface area (Å²) in [5, 5.41) is 8.48. The molecule has 0 unspecified atom stereocenters. The van der Waals surface area contributed by atoms with Crippen molar-refractivity contribution in [2.24, 2.45) is 0 Å². The van der Waals surface area contributed by atoms with Crippen LogP contribution in [0.15, 0.2) is 18.3 Å². The Bertz CT molecular complexity index is 897. The number of carbonyl (C=O) groups is 3. The summed E-state index contributed by atoms with van der Waals surface area (Å²) < 4.78 is 5.03. The zero-order valence-corrected chi connectivity index (χ0v) is 18.4. The molecular weight excluding hydrogens is 408 g/mol. The Morgan fingerprint density at radius 1 is 1.27 bits per heavy atom. The number of nitrogens with zero attached hydrogens (tertiary/aromatic N) is 3. The number of amides is 4. The zero-order chi connectivity index (χ0) is 22.3. The Kier molecular flexibility index (Phi) is 8.25. The van der Waals surface area contributed by atoms with Gasteiger partial charge in [0.1, 0.15) is 15.7 Å². The lowest BCUT2D eigenvalue weighted by atomic mass is 10.2. The second kappa shape index (κ2) is 10.6. The number of pyridine rings is 1. The molecule has 0 aliphatic rings. The molecule has 0 spiro atoms. The van der Waals surface area contributed by atoms with Gasteiger partial charge in [-0.25, -0.2) is 14.8 Å². The highest BCUT2D eigenvalue weighted by atomic mass is 32.1. The standard InChI is InChI=1S/C19H26N6O4S/c1-6-20-19(28)23-13-8-7-12(9-21-13)17-24-14(15(30-17)18(27)25(3)4)16(26)22-11(2)10-29-5/h7-9,11H,6,10H2,1-5H3,(H,22,26)(H2,20,21,23,28)/t11-/m0/s1. The number of rotatable bonds is 8. The molecule has 0 aliphatic carbocycles. The van der Waals surface area contributed by atoms with Crippen molar-refractivity contribution in [2.45, 2.75) is 19.9 Å². The number of aromatic nitrogens is 2. The fraction of sp³-hybridized carbons (Fsp3) is 0.421. The van der Waals surface area contributed by atoms with E-state index >= 15 is 0 Å². The second-order valence-corrected chi connectivity index (χ2v) is 7.64. The molecule has 0 aliphatic heterocycles. The first-order valence-electron chi connectivity index (χ1n) is 9.30. The minimum atomic E-state index is -0.449. The summed E-state index contributed by atoms with van der Waals surface area (Å²) in [6.45, 7) is 4.45. The molecule has 30 heavy (non-hydrogen) atoms. The van der Waals surface area contributed by atoms with Crippen LogP contribution in [-0.4, -0.2) is 73.1 Å². The Morgan fingerprint density at radius 2 is 2.00 bits per heavy atom. The summed E-state index contributed by atoms with van der Waals surface area (Å²) in [4.78, 5) is 47.1. The van der Waals surface area contributed by atoms with Crippen LogP contribution in [0, 0.1) is 0 Å². The van der Waals surface area contributed by atoms with Crippen LogP contribution in [0.5, 0.6) is 0 Å². The Hall–Kier alpha value is -3.05. The molecule has 11 heteroatoms. The summed E-state index contributed by atoms with van der Waals surface area (Å²) >= 11 is 1.11. The smallest absolute Gasteiger partial charge is 0.320 e. The maximum Gasteiger partial charge on any atom is 0.320 e. The molecule has 2 aromatic rings. The first kappa shape index (κ1) is 23.2. The number of thiazole rings is 1. The van der Waals surface area contributed by atoms with E-state index in [1.807, 2.05) is 6.92 Å². The fourth-order valence-corrected chi connectivity index (χ4v) is 3.52. The number of urea groups is 1. The lowest BCUT2D eigenvalue weighted by Gasteiger charge is -2.13. The Balaban J connectivity index is 2.31. The molecule has 0 radical (unpaired) electrons. The molecule has 3 N–H and O–H groups in total.